The molecule has 6 unspecified atom stereocenters. The summed E-state index contributed by atoms with van der Waals surface area (Å²) in [6.07, 6.45) is 24.3. The molecule has 7 aliphatic rings. The molecule has 52 heavy (non-hydrogen) atoms. The van der Waals surface area contributed by atoms with E-state index < -0.39 is 23.7 Å². The molecule has 7 aliphatic carbocycles. The third kappa shape index (κ3) is 6.54. The van der Waals surface area contributed by atoms with Gasteiger partial charge in [-0.3, -0.25) is 4.79 Å². The third-order valence-electron chi connectivity index (χ3n) is 17.9. The number of carboxylic acid groups (broad SMARTS) is 1. The molecule has 5 fully saturated rings. The Bertz CT molecular complexity index is 1420. The lowest BCUT2D eigenvalue weighted by Crippen LogP contribution is -2.67. The van der Waals surface area contributed by atoms with Gasteiger partial charge >= 0.3 is 5.97 Å². The van der Waals surface area contributed by atoms with Crippen LogP contribution in [0, 0.1) is 56.7 Å². The van der Waals surface area contributed by atoms with Crippen LogP contribution in [0.1, 0.15) is 171 Å². The normalized spacial score (nSPS) is 46.5. The summed E-state index contributed by atoms with van der Waals surface area (Å²) in [6, 6.07) is 0. The van der Waals surface area contributed by atoms with E-state index in [1.165, 1.54) is 87.3 Å². The summed E-state index contributed by atoms with van der Waals surface area (Å²) in [4.78, 5) is 11.9. The number of nitrogens with one attached hydrogen (secondary N) is 1. The van der Waals surface area contributed by atoms with Crippen LogP contribution >= 0.6 is 0 Å². The van der Waals surface area contributed by atoms with Crippen molar-refractivity contribution in [3.8, 4) is 0 Å². The number of alkyl halides is 1. The highest BCUT2D eigenvalue weighted by molar-refractivity contribution is 5.75. The SMILES string of the molecule is C=C(C)C.CC1CCC(O)(CCNC23CCC[C@@H]2C2CCC4C5(C)CC=C(C6=CC[C@](CF)(C(=O)O)CC6)C(C)(C)C5CCC4(C)[C@]2(C)CC3)CC1. The van der Waals surface area contributed by atoms with E-state index in [0.717, 1.165) is 50.0 Å². The molecule has 0 aliphatic heterocycles. The minimum Gasteiger partial charge on any atom is -0.481 e. The average molecular weight is 722 g/mol. The maximum Gasteiger partial charge on any atom is 0.312 e. The number of aliphatic hydroxyl groups is 1. The zero-order chi connectivity index (χ0) is 38.0. The Kier molecular flexibility index (Phi) is 11.0. The molecule has 0 aromatic heterocycles. The molecular weight excluding hydrogens is 646 g/mol. The Morgan fingerprint density at radius 1 is 0.846 bits per heavy atom. The van der Waals surface area contributed by atoms with E-state index in [0.29, 0.717) is 41.9 Å². The van der Waals surface area contributed by atoms with Crippen LogP contribution in [0.5, 0.6) is 0 Å². The maximum absolute atomic E-state index is 13.9. The summed E-state index contributed by atoms with van der Waals surface area (Å²) < 4.78 is 13.9. The summed E-state index contributed by atoms with van der Waals surface area (Å²) in [6.45, 7) is 23.1. The first-order valence-electron chi connectivity index (χ1n) is 21.6. The number of aliphatic carboxylic acids is 1. The van der Waals surface area contributed by atoms with E-state index in [1.54, 1.807) is 0 Å². The van der Waals surface area contributed by atoms with Gasteiger partial charge in [-0.1, -0.05) is 65.7 Å². The Morgan fingerprint density at radius 2 is 1.54 bits per heavy atom. The van der Waals surface area contributed by atoms with Gasteiger partial charge in [0, 0.05) is 5.54 Å². The van der Waals surface area contributed by atoms with Gasteiger partial charge in [0.1, 0.15) is 6.67 Å². The average Bonchev–Trinajstić information content (AvgIpc) is 3.50. The molecule has 0 heterocycles. The molecule has 0 aromatic rings. The molecule has 0 saturated heterocycles. The molecule has 4 nitrogen and oxygen atoms in total. The molecular formula is C47H76FNO3. The van der Waals surface area contributed by atoms with Crippen molar-refractivity contribution < 1.29 is 19.4 Å². The molecule has 0 radical (unpaired) electrons. The fourth-order valence-electron chi connectivity index (χ4n) is 14.6. The number of allylic oxidation sites excluding steroid dienone is 5. The fourth-order valence-corrected chi connectivity index (χ4v) is 14.6. The van der Waals surface area contributed by atoms with E-state index in [1.807, 2.05) is 13.8 Å². The molecule has 294 valence electrons. The fraction of sp³-hybridized carbons (Fsp3) is 0.851. The van der Waals surface area contributed by atoms with Crippen LogP contribution in [0.4, 0.5) is 4.39 Å². The lowest BCUT2D eigenvalue weighted by Gasteiger charge is -2.72. The van der Waals surface area contributed by atoms with E-state index in [-0.39, 0.29) is 16.4 Å². The lowest BCUT2D eigenvalue weighted by molar-refractivity contribution is -0.218. The van der Waals surface area contributed by atoms with E-state index in [4.69, 9.17) is 0 Å². The van der Waals surface area contributed by atoms with Crippen molar-refractivity contribution in [2.75, 3.05) is 13.2 Å². The van der Waals surface area contributed by atoms with Gasteiger partial charge in [0.2, 0.25) is 0 Å². The highest BCUT2D eigenvalue weighted by Crippen LogP contribution is 2.76. The number of carboxylic acids is 1. The van der Waals surface area contributed by atoms with Crippen molar-refractivity contribution in [3.63, 3.8) is 0 Å². The number of hydrogen-bond donors (Lipinski definition) is 3. The van der Waals surface area contributed by atoms with Gasteiger partial charge in [-0.15, -0.1) is 6.58 Å². The highest BCUT2D eigenvalue weighted by Gasteiger charge is 2.69. The summed E-state index contributed by atoms with van der Waals surface area (Å²) in [5.41, 5.74) is 3.42. The lowest BCUT2D eigenvalue weighted by atomic mass is 9.33. The molecule has 9 atom stereocenters. The zero-order valence-electron chi connectivity index (χ0n) is 34.6. The van der Waals surface area contributed by atoms with Crippen molar-refractivity contribution >= 4 is 5.97 Å². The highest BCUT2D eigenvalue weighted by atomic mass is 19.1. The Balaban J connectivity index is 0.00000110. The van der Waals surface area contributed by atoms with Crippen LogP contribution in [0.15, 0.2) is 35.5 Å². The van der Waals surface area contributed by atoms with Crippen molar-refractivity contribution in [2.45, 2.75) is 182 Å². The van der Waals surface area contributed by atoms with Crippen molar-refractivity contribution in [3.05, 3.63) is 35.5 Å². The second-order valence-electron chi connectivity index (χ2n) is 21.3. The number of rotatable bonds is 7. The largest absolute Gasteiger partial charge is 0.481 e. The van der Waals surface area contributed by atoms with Crippen molar-refractivity contribution in [2.24, 2.45) is 56.7 Å². The van der Waals surface area contributed by atoms with Crippen LogP contribution in [0.3, 0.4) is 0 Å². The molecule has 0 amide bonds. The molecule has 7 rings (SSSR count). The summed E-state index contributed by atoms with van der Waals surface area (Å²) in [5, 5.41) is 25.4. The standard InChI is InChI=1S/C43H68FNO3.C4H8/c1-29-11-22-42(48,23-12-29)26-27-45-43-17-7-8-33(43)32-9-10-35-38(4)18-15-31(30-13-20-41(28-44,21-14-30)36(46)47)37(2,3)34(38)16-19-40(35,6)39(32,5)24-25-43;1-4(2)3/h13,15,29,32-35,45,48H,7-12,14,16-28H2,1-6H3,(H,46,47);1H2,2-3H3/t29?,32?,33-,34?,35?,38?,39-,40?,41+,42?,43?;/m1./s1. The number of carbonyl (C=O) groups is 1. The second-order valence-corrected chi connectivity index (χ2v) is 21.3. The van der Waals surface area contributed by atoms with Gasteiger partial charge in [-0.2, -0.15) is 0 Å². The molecule has 5 heteroatoms. The molecule has 3 N–H and O–H groups in total. The minimum absolute atomic E-state index is 0.0222. The zero-order valence-corrected chi connectivity index (χ0v) is 34.6. The number of hydrogen-bond acceptors (Lipinski definition) is 3. The van der Waals surface area contributed by atoms with Crippen LogP contribution in [0.25, 0.3) is 0 Å². The smallest absolute Gasteiger partial charge is 0.312 e. The van der Waals surface area contributed by atoms with E-state index >= 15 is 0 Å². The first-order valence-corrected chi connectivity index (χ1v) is 21.6. The Morgan fingerprint density at radius 3 is 2.15 bits per heavy atom. The van der Waals surface area contributed by atoms with Crippen molar-refractivity contribution in [1.29, 1.82) is 0 Å². The van der Waals surface area contributed by atoms with Crippen LogP contribution in [0.2, 0.25) is 0 Å². The Labute approximate surface area is 317 Å². The molecule has 0 spiro atoms. The molecule has 5 saturated carbocycles. The number of halogens is 1. The predicted octanol–water partition coefficient (Wildman–Crippen LogP) is 11.8. The van der Waals surface area contributed by atoms with Gasteiger partial charge in [0.25, 0.3) is 0 Å². The van der Waals surface area contributed by atoms with E-state index in [9.17, 15) is 19.4 Å². The minimum atomic E-state index is -1.24. The maximum atomic E-state index is 13.9. The van der Waals surface area contributed by atoms with Gasteiger partial charge in [-0.25, -0.2) is 4.39 Å². The van der Waals surface area contributed by atoms with Gasteiger partial charge in [-0.05, 0) is 192 Å². The first kappa shape index (κ1) is 40.2. The first-order chi connectivity index (χ1) is 24.3. The van der Waals surface area contributed by atoms with Crippen molar-refractivity contribution in [1.82, 2.24) is 5.32 Å². The summed E-state index contributed by atoms with van der Waals surface area (Å²) >= 11 is 0. The van der Waals surface area contributed by atoms with Crippen LogP contribution in [-0.4, -0.2) is 40.5 Å². The third-order valence-corrected chi connectivity index (χ3v) is 17.9. The predicted molar refractivity (Wildman–Crippen MR) is 213 cm³/mol. The Hall–Kier alpha value is -1.46. The van der Waals surface area contributed by atoms with E-state index in [2.05, 4.69) is 65.6 Å². The second kappa shape index (κ2) is 14.2. The topological polar surface area (TPSA) is 69.6 Å². The molecule has 0 aromatic carbocycles. The monoisotopic (exact) mass is 722 g/mol. The summed E-state index contributed by atoms with van der Waals surface area (Å²) in [7, 11) is 0. The molecule has 0 bridgehead atoms. The van der Waals surface area contributed by atoms with Gasteiger partial charge in [0.15, 0.2) is 0 Å². The van der Waals surface area contributed by atoms with Gasteiger partial charge < -0.3 is 15.5 Å². The summed E-state index contributed by atoms with van der Waals surface area (Å²) in [5.74, 6) is 2.62. The van der Waals surface area contributed by atoms with Crippen LogP contribution in [-0.2, 0) is 4.79 Å². The quantitative estimate of drug-likeness (QED) is 0.229. The number of fused-ring (bicyclic) bond motifs is 7. The van der Waals surface area contributed by atoms with Gasteiger partial charge in [0.05, 0.1) is 11.0 Å². The van der Waals surface area contributed by atoms with Crippen LogP contribution < -0.4 is 5.32 Å².